The third-order valence-electron chi connectivity index (χ3n) is 5.54. The number of nitrogens with zero attached hydrogens (tertiary/aromatic N) is 2. The van der Waals surface area contributed by atoms with Gasteiger partial charge in [0.1, 0.15) is 0 Å². The van der Waals surface area contributed by atoms with E-state index in [4.69, 9.17) is 0 Å². The molecule has 18 heavy (non-hydrogen) atoms. The molecular weight excluding hydrogens is 222 g/mol. The van der Waals surface area contributed by atoms with Gasteiger partial charge >= 0.3 is 0 Å². The van der Waals surface area contributed by atoms with Gasteiger partial charge in [-0.25, -0.2) is 0 Å². The Morgan fingerprint density at radius 2 is 1.78 bits per heavy atom. The standard InChI is InChI=1S/C15H29N3/c1-17-14-2-3-15(17)12-18(11-7-14)10-6-13-4-8-16-9-5-13/h13-16H,2-12H2,1H3. The largest absolute Gasteiger partial charge is 0.317 e. The van der Waals surface area contributed by atoms with Crippen LogP contribution in [0.5, 0.6) is 0 Å². The number of hydrogen-bond donors (Lipinski definition) is 1. The van der Waals surface area contributed by atoms with Crippen LogP contribution >= 0.6 is 0 Å². The molecule has 3 heterocycles. The lowest BCUT2D eigenvalue weighted by Gasteiger charge is -2.28. The van der Waals surface area contributed by atoms with E-state index in [9.17, 15) is 0 Å². The highest BCUT2D eigenvalue weighted by Gasteiger charge is 2.34. The summed E-state index contributed by atoms with van der Waals surface area (Å²) in [5.41, 5.74) is 0. The van der Waals surface area contributed by atoms with Crippen molar-refractivity contribution in [1.82, 2.24) is 15.1 Å². The van der Waals surface area contributed by atoms with Crippen molar-refractivity contribution in [3.05, 3.63) is 0 Å². The molecule has 3 nitrogen and oxygen atoms in total. The van der Waals surface area contributed by atoms with Gasteiger partial charge in [-0.2, -0.15) is 0 Å². The van der Waals surface area contributed by atoms with E-state index in [0.29, 0.717) is 0 Å². The van der Waals surface area contributed by atoms with Crippen LogP contribution in [0, 0.1) is 5.92 Å². The van der Waals surface area contributed by atoms with E-state index < -0.39 is 0 Å². The summed E-state index contributed by atoms with van der Waals surface area (Å²) < 4.78 is 0. The number of piperidine rings is 1. The van der Waals surface area contributed by atoms with Crippen LogP contribution < -0.4 is 5.32 Å². The quantitative estimate of drug-likeness (QED) is 0.821. The molecule has 0 aromatic heterocycles. The molecule has 0 aromatic rings. The lowest BCUT2D eigenvalue weighted by Crippen LogP contribution is -2.38. The summed E-state index contributed by atoms with van der Waals surface area (Å²) >= 11 is 0. The summed E-state index contributed by atoms with van der Waals surface area (Å²) in [6, 6.07) is 1.74. The Morgan fingerprint density at radius 3 is 2.61 bits per heavy atom. The first-order valence-corrected chi connectivity index (χ1v) is 7.98. The highest BCUT2D eigenvalue weighted by atomic mass is 15.3. The Kier molecular flexibility index (Phi) is 4.22. The fourth-order valence-corrected chi connectivity index (χ4v) is 4.12. The van der Waals surface area contributed by atoms with Crippen LogP contribution in [0.2, 0.25) is 0 Å². The van der Waals surface area contributed by atoms with Crippen molar-refractivity contribution in [2.75, 3.05) is 39.8 Å². The van der Waals surface area contributed by atoms with Crippen molar-refractivity contribution in [1.29, 1.82) is 0 Å². The normalized spacial score (nSPS) is 35.8. The SMILES string of the molecule is CN1C2CCC1CN(CCC1CCNCC1)CC2. The van der Waals surface area contributed by atoms with Crippen LogP contribution in [0.3, 0.4) is 0 Å². The van der Waals surface area contributed by atoms with Crippen molar-refractivity contribution < 1.29 is 0 Å². The van der Waals surface area contributed by atoms with Crippen LogP contribution in [-0.4, -0.2) is 61.7 Å². The van der Waals surface area contributed by atoms with Gasteiger partial charge < -0.3 is 10.2 Å². The molecule has 1 N–H and O–H groups in total. The van der Waals surface area contributed by atoms with Gasteiger partial charge in [-0.15, -0.1) is 0 Å². The van der Waals surface area contributed by atoms with Gasteiger partial charge in [0.15, 0.2) is 0 Å². The van der Waals surface area contributed by atoms with Crippen LogP contribution in [0.25, 0.3) is 0 Å². The Morgan fingerprint density at radius 1 is 1.00 bits per heavy atom. The number of likely N-dealkylation sites (tertiary alicyclic amines) is 1. The van der Waals surface area contributed by atoms with E-state index >= 15 is 0 Å². The lowest BCUT2D eigenvalue weighted by atomic mass is 9.94. The van der Waals surface area contributed by atoms with Gasteiger partial charge in [0.25, 0.3) is 0 Å². The monoisotopic (exact) mass is 251 g/mol. The Labute approximate surface area is 112 Å². The highest BCUT2D eigenvalue weighted by molar-refractivity contribution is 4.91. The molecule has 3 aliphatic heterocycles. The molecule has 0 aliphatic carbocycles. The minimum absolute atomic E-state index is 0.852. The predicted molar refractivity (Wildman–Crippen MR) is 75.8 cm³/mol. The first-order chi connectivity index (χ1) is 8.83. The predicted octanol–water partition coefficient (Wildman–Crippen LogP) is 1.54. The van der Waals surface area contributed by atoms with E-state index in [1.165, 1.54) is 71.2 Å². The number of likely N-dealkylation sites (N-methyl/N-ethyl adjacent to an activating group) is 1. The second kappa shape index (κ2) is 5.89. The molecule has 3 heteroatoms. The van der Waals surface area contributed by atoms with Gasteiger partial charge in [0.05, 0.1) is 0 Å². The average Bonchev–Trinajstić information content (AvgIpc) is 2.64. The first-order valence-electron chi connectivity index (χ1n) is 7.98. The maximum absolute atomic E-state index is 3.47. The van der Waals surface area contributed by atoms with E-state index in [1.807, 2.05) is 0 Å². The molecule has 3 saturated heterocycles. The Hall–Kier alpha value is -0.120. The molecule has 2 bridgehead atoms. The van der Waals surface area contributed by atoms with Crippen molar-refractivity contribution in [3.63, 3.8) is 0 Å². The summed E-state index contributed by atoms with van der Waals surface area (Å²) in [5.74, 6) is 0.990. The summed E-state index contributed by atoms with van der Waals surface area (Å²) in [6.45, 7) is 6.52. The van der Waals surface area contributed by atoms with Crippen LogP contribution in [0.4, 0.5) is 0 Å². The van der Waals surface area contributed by atoms with Crippen molar-refractivity contribution in [2.45, 2.75) is 50.6 Å². The minimum Gasteiger partial charge on any atom is -0.317 e. The third-order valence-corrected chi connectivity index (χ3v) is 5.54. The first kappa shape index (κ1) is 12.9. The Bertz CT molecular complexity index is 262. The van der Waals surface area contributed by atoms with E-state index in [-0.39, 0.29) is 0 Å². The topological polar surface area (TPSA) is 18.5 Å². The van der Waals surface area contributed by atoms with Crippen molar-refractivity contribution >= 4 is 0 Å². The van der Waals surface area contributed by atoms with Crippen LogP contribution in [0.1, 0.15) is 38.5 Å². The number of fused-ring (bicyclic) bond motifs is 2. The zero-order chi connectivity index (χ0) is 12.4. The smallest absolute Gasteiger partial charge is 0.0223 e. The van der Waals surface area contributed by atoms with Crippen LogP contribution in [-0.2, 0) is 0 Å². The molecule has 0 saturated carbocycles. The fraction of sp³-hybridized carbons (Fsp3) is 1.00. The molecule has 3 aliphatic rings. The second-order valence-electron chi connectivity index (χ2n) is 6.62. The fourth-order valence-electron chi connectivity index (χ4n) is 4.12. The van der Waals surface area contributed by atoms with Gasteiger partial charge in [0.2, 0.25) is 0 Å². The molecule has 2 unspecified atom stereocenters. The Balaban J connectivity index is 1.45. The molecule has 0 spiro atoms. The molecular formula is C15H29N3. The summed E-state index contributed by atoms with van der Waals surface area (Å²) in [6.07, 6.45) is 8.52. The molecule has 0 aromatic carbocycles. The van der Waals surface area contributed by atoms with Crippen molar-refractivity contribution in [3.8, 4) is 0 Å². The van der Waals surface area contributed by atoms with Gasteiger partial charge in [-0.1, -0.05) is 0 Å². The molecule has 2 atom stereocenters. The number of nitrogens with one attached hydrogen (secondary N) is 1. The maximum atomic E-state index is 3.47. The average molecular weight is 251 g/mol. The summed E-state index contributed by atoms with van der Waals surface area (Å²) in [5, 5.41) is 3.47. The van der Waals surface area contributed by atoms with Gasteiger partial charge in [-0.05, 0) is 77.7 Å². The van der Waals surface area contributed by atoms with E-state index in [1.54, 1.807) is 0 Å². The van der Waals surface area contributed by atoms with E-state index in [2.05, 4.69) is 22.2 Å². The zero-order valence-electron chi connectivity index (χ0n) is 11.9. The van der Waals surface area contributed by atoms with E-state index in [0.717, 1.165) is 18.0 Å². The molecule has 3 rings (SSSR count). The van der Waals surface area contributed by atoms with Crippen LogP contribution in [0.15, 0.2) is 0 Å². The summed E-state index contributed by atoms with van der Waals surface area (Å²) in [7, 11) is 2.35. The highest BCUT2D eigenvalue weighted by Crippen LogP contribution is 2.28. The number of hydrogen-bond acceptors (Lipinski definition) is 3. The summed E-state index contributed by atoms with van der Waals surface area (Å²) in [4.78, 5) is 5.41. The zero-order valence-corrected chi connectivity index (χ0v) is 11.9. The van der Waals surface area contributed by atoms with Gasteiger partial charge in [0, 0.05) is 18.6 Å². The molecule has 0 radical (unpaired) electrons. The van der Waals surface area contributed by atoms with Crippen molar-refractivity contribution in [2.24, 2.45) is 5.92 Å². The molecule has 104 valence electrons. The van der Waals surface area contributed by atoms with Gasteiger partial charge in [-0.3, -0.25) is 4.90 Å². The number of rotatable bonds is 3. The minimum atomic E-state index is 0.852. The molecule has 0 amide bonds. The third kappa shape index (κ3) is 2.89. The second-order valence-corrected chi connectivity index (χ2v) is 6.62. The maximum Gasteiger partial charge on any atom is 0.0223 e. The lowest BCUT2D eigenvalue weighted by molar-refractivity contribution is 0.203. The molecule has 3 fully saturated rings.